The monoisotopic (exact) mass is 335 g/mol. The van der Waals surface area contributed by atoms with E-state index in [0.717, 1.165) is 30.1 Å². The fraction of sp³-hybridized carbons (Fsp3) is 0.500. The number of nitrogens with one attached hydrogen (secondary N) is 2. The summed E-state index contributed by atoms with van der Waals surface area (Å²) in [6, 6.07) is 4.17. The first-order valence-electron chi connectivity index (χ1n) is 7.73. The lowest BCUT2D eigenvalue weighted by Crippen LogP contribution is -2.28. The number of hydrogen-bond acceptors (Lipinski definition) is 5. The van der Waals surface area contributed by atoms with E-state index in [1.807, 2.05) is 5.38 Å². The van der Waals surface area contributed by atoms with Crippen molar-refractivity contribution in [2.75, 3.05) is 18.4 Å². The topological polar surface area (TPSA) is 54.0 Å². The van der Waals surface area contributed by atoms with E-state index < -0.39 is 0 Å². The number of carbonyl (C=O) groups is 1. The fourth-order valence-electron chi connectivity index (χ4n) is 2.70. The van der Waals surface area contributed by atoms with Gasteiger partial charge >= 0.3 is 0 Å². The summed E-state index contributed by atoms with van der Waals surface area (Å²) in [5.74, 6) is 0.773. The van der Waals surface area contributed by atoms with E-state index in [9.17, 15) is 4.79 Å². The second kappa shape index (κ2) is 7.35. The molecule has 0 atom stereocenters. The van der Waals surface area contributed by atoms with E-state index >= 15 is 0 Å². The van der Waals surface area contributed by atoms with Crippen LogP contribution in [0.4, 0.5) is 5.13 Å². The molecule has 0 bridgehead atoms. The number of carbonyl (C=O) groups excluding carboxylic acids is 1. The Labute approximate surface area is 139 Å². The van der Waals surface area contributed by atoms with E-state index in [0.29, 0.717) is 17.5 Å². The SMILES string of the molecule is Cc1ccc(-c2csc(NC(=O)CCC3CCNCC3)n2)s1. The molecule has 0 radical (unpaired) electrons. The molecule has 2 N–H and O–H groups in total. The highest BCUT2D eigenvalue weighted by molar-refractivity contribution is 7.17. The Kier molecular flexibility index (Phi) is 5.23. The number of aryl methyl sites for hydroxylation is 1. The highest BCUT2D eigenvalue weighted by Crippen LogP contribution is 2.30. The molecule has 0 aliphatic carbocycles. The van der Waals surface area contributed by atoms with Crippen LogP contribution in [-0.2, 0) is 4.79 Å². The zero-order valence-corrected chi connectivity index (χ0v) is 14.4. The Hall–Kier alpha value is -1.24. The van der Waals surface area contributed by atoms with Crippen LogP contribution in [0.25, 0.3) is 10.6 Å². The molecule has 3 rings (SSSR count). The lowest BCUT2D eigenvalue weighted by Gasteiger charge is -2.21. The van der Waals surface area contributed by atoms with Crippen molar-refractivity contribution in [3.8, 4) is 10.6 Å². The standard InChI is InChI=1S/C16H21N3OS2/c1-11-2-4-14(22-11)13-10-21-16(18-13)19-15(20)5-3-12-6-8-17-9-7-12/h2,4,10,12,17H,3,5-9H2,1H3,(H,18,19,20). The third-order valence-corrected chi connectivity index (χ3v) is 5.76. The van der Waals surface area contributed by atoms with Crippen molar-refractivity contribution in [2.45, 2.75) is 32.6 Å². The zero-order chi connectivity index (χ0) is 15.4. The highest BCUT2D eigenvalue weighted by atomic mass is 32.1. The first kappa shape index (κ1) is 15.6. The minimum atomic E-state index is 0.0850. The van der Waals surface area contributed by atoms with E-state index in [4.69, 9.17) is 0 Å². The molecule has 1 aliphatic heterocycles. The van der Waals surface area contributed by atoms with Crippen LogP contribution in [0.1, 0.15) is 30.6 Å². The summed E-state index contributed by atoms with van der Waals surface area (Å²) >= 11 is 3.22. The van der Waals surface area contributed by atoms with Gasteiger partial charge in [0.15, 0.2) is 5.13 Å². The van der Waals surface area contributed by atoms with Crippen molar-refractivity contribution in [3.05, 3.63) is 22.4 Å². The van der Waals surface area contributed by atoms with Gasteiger partial charge in [0.1, 0.15) is 0 Å². The Bertz CT molecular complexity index is 629. The summed E-state index contributed by atoms with van der Waals surface area (Å²) < 4.78 is 0. The van der Waals surface area contributed by atoms with E-state index in [-0.39, 0.29) is 5.91 Å². The number of thiazole rings is 1. The Balaban J connectivity index is 1.50. The van der Waals surface area contributed by atoms with Crippen LogP contribution in [0.3, 0.4) is 0 Å². The maximum atomic E-state index is 12.0. The van der Waals surface area contributed by atoms with E-state index in [1.54, 1.807) is 11.3 Å². The zero-order valence-electron chi connectivity index (χ0n) is 12.7. The average molecular weight is 335 g/mol. The molecule has 1 aliphatic rings. The molecular formula is C16H21N3OS2. The number of nitrogens with zero attached hydrogens (tertiary/aromatic N) is 1. The van der Waals surface area contributed by atoms with Gasteiger partial charge in [0.2, 0.25) is 5.91 Å². The molecule has 3 heterocycles. The molecule has 2 aromatic rings. The van der Waals surface area contributed by atoms with Gasteiger partial charge in [-0.2, -0.15) is 0 Å². The number of piperidine rings is 1. The predicted molar refractivity (Wildman–Crippen MR) is 93.6 cm³/mol. The first-order chi connectivity index (χ1) is 10.7. The lowest BCUT2D eigenvalue weighted by atomic mass is 9.93. The molecule has 0 aromatic carbocycles. The normalized spacial score (nSPS) is 15.9. The van der Waals surface area contributed by atoms with Gasteiger partial charge in [0.05, 0.1) is 10.6 Å². The van der Waals surface area contributed by atoms with Gasteiger partial charge in [0.25, 0.3) is 0 Å². The van der Waals surface area contributed by atoms with Crippen LogP contribution in [0, 0.1) is 12.8 Å². The predicted octanol–water partition coefficient (Wildman–Crippen LogP) is 3.90. The maximum Gasteiger partial charge on any atom is 0.226 e. The van der Waals surface area contributed by atoms with Crippen molar-refractivity contribution >= 4 is 33.7 Å². The Morgan fingerprint density at radius 3 is 2.95 bits per heavy atom. The van der Waals surface area contributed by atoms with Crippen molar-refractivity contribution in [1.29, 1.82) is 0 Å². The summed E-state index contributed by atoms with van der Waals surface area (Å²) in [7, 11) is 0. The number of rotatable bonds is 5. The molecule has 2 aromatic heterocycles. The van der Waals surface area contributed by atoms with Gasteiger partial charge in [0, 0.05) is 16.7 Å². The van der Waals surface area contributed by atoms with Crippen LogP contribution in [-0.4, -0.2) is 24.0 Å². The minimum absolute atomic E-state index is 0.0850. The fourth-order valence-corrected chi connectivity index (χ4v) is 4.33. The van der Waals surface area contributed by atoms with E-state index in [1.165, 1.54) is 29.1 Å². The third-order valence-electron chi connectivity index (χ3n) is 3.98. The van der Waals surface area contributed by atoms with Gasteiger partial charge < -0.3 is 10.6 Å². The Morgan fingerprint density at radius 2 is 2.23 bits per heavy atom. The second-order valence-electron chi connectivity index (χ2n) is 5.73. The maximum absolute atomic E-state index is 12.0. The largest absolute Gasteiger partial charge is 0.317 e. The minimum Gasteiger partial charge on any atom is -0.317 e. The van der Waals surface area contributed by atoms with Crippen LogP contribution in [0.2, 0.25) is 0 Å². The molecule has 4 nitrogen and oxygen atoms in total. The number of hydrogen-bond donors (Lipinski definition) is 2. The van der Waals surface area contributed by atoms with Gasteiger partial charge in [-0.25, -0.2) is 4.98 Å². The summed E-state index contributed by atoms with van der Waals surface area (Å²) in [6.07, 6.45) is 3.95. The highest BCUT2D eigenvalue weighted by Gasteiger charge is 2.15. The van der Waals surface area contributed by atoms with Gasteiger partial charge in [-0.05, 0) is 57.3 Å². The van der Waals surface area contributed by atoms with Crippen molar-refractivity contribution in [2.24, 2.45) is 5.92 Å². The van der Waals surface area contributed by atoms with E-state index in [2.05, 4.69) is 34.7 Å². The van der Waals surface area contributed by atoms with Crippen molar-refractivity contribution in [1.82, 2.24) is 10.3 Å². The summed E-state index contributed by atoms with van der Waals surface area (Å²) in [4.78, 5) is 19.0. The van der Waals surface area contributed by atoms with Gasteiger partial charge in [-0.1, -0.05) is 0 Å². The van der Waals surface area contributed by atoms with Crippen LogP contribution in [0.15, 0.2) is 17.5 Å². The average Bonchev–Trinajstić information content (AvgIpc) is 3.15. The molecule has 1 saturated heterocycles. The summed E-state index contributed by atoms with van der Waals surface area (Å²) in [6.45, 7) is 4.26. The molecule has 22 heavy (non-hydrogen) atoms. The summed E-state index contributed by atoms with van der Waals surface area (Å²) in [5, 5.41) is 9.00. The van der Waals surface area contributed by atoms with Crippen molar-refractivity contribution in [3.63, 3.8) is 0 Å². The van der Waals surface area contributed by atoms with Crippen LogP contribution >= 0.6 is 22.7 Å². The van der Waals surface area contributed by atoms with Crippen LogP contribution in [0.5, 0.6) is 0 Å². The van der Waals surface area contributed by atoms with Gasteiger partial charge in [-0.15, -0.1) is 22.7 Å². The van der Waals surface area contributed by atoms with Gasteiger partial charge in [-0.3, -0.25) is 4.79 Å². The molecule has 118 valence electrons. The number of amides is 1. The lowest BCUT2D eigenvalue weighted by molar-refractivity contribution is -0.116. The number of thiophene rings is 1. The molecule has 1 amide bonds. The molecule has 1 fully saturated rings. The van der Waals surface area contributed by atoms with Crippen molar-refractivity contribution < 1.29 is 4.79 Å². The molecule has 0 spiro atoms. The number of anilines is 1. The third kappa shape index (κ3) is 4.15. The smallest absolute Gasteiger partial charge is 0.226 e. The summed E-state index contributed by atoms with van der Waals surface area (Å²) in [5.41, 5.74) is 0.955. The molecule has 0 saturated carbocycles. The molecular weight excluding hydrogens is 314 g/mol. The first-order valence-corrected chi connectivity index (χ1v) is 9.43. The quantitative estimate of drug-likeness (QED) is 0.871. The second-order valence-corrected chi connectivity index (χ2v) is 7.87. The Morgan fingerprint density at radius 1 is 1.41 bits per heavy atom. The molecule has 0 unspecified atom stereocenters. The number of aromatic nitrogens is 1. The molecule has 6 heteroatoms. The van der Waals surface area contributed by atoms with Crippen LogP contribution < -0.4 is 10.6 Å².